The molecule has 0 aliphatic carbocycles. The van der Waals surface area contributed by atoms with Gasteiger partial charge < -0.3 is 30.0 Å². The summed E-state index contributed by atoms with van der Waals surface area (Å²) in [6.45, 7) is 1.65. The van der Waals surface area contributed by atoms with Gasteiger partial charge in [-0.05, 0) is 31.1 Å². The Bertz CT molecular complexity index is 189. The van der Waals surface area contributed by atoms with Crippen LogP contribution in [0.1, 0.15) is 40.0 Å². The van der Waals surface area contributed by atoms with Crippen molar-refractivity contribution >= 4 is 53.3 Å². The Kier molecular flexibility index (Phi) is 29.7. The number of halogens is 3. The van der Waals surface area contributed by atoms with Crippen molar-refractivity contribution in [2.45, 2.75) is 56.7 Å². The second-order valence-electron chi connectivity index (χ2n) is 3.04. The van der Waals surface area contributed by atoms with Gasteiger partial charge in [0, 0.05) is 0 Å². The highest BCUT2D eigenvalue weighted by molar-refractivity contribution is 8.06. The molecular weight excluding hydrogens is 373 g/mol. The monoisotopic (exact) mass is 396 g/mol. The Morgan fingerprint density at radius 2 is 0.800 bits per heavy atom. The molecule has 0 spiro atoms. The molecule has 0 amide bonds. The SMILES string of the molecule is CCC(O)Cl.CCC(O)Cl.CCC(O)Cl.OP(O)(O)=S. The lowest BCUT2D eigenvalue weighted by atomic mass is 10.5. The predicted octanol–water partition coefficient (Wildman–Crippen LogP) is 2.05. The second-order valence-corrected chi connectivity index (χ2v) is 7.05. The summed E-state index contributed by atoms with van der Waals surface area (Å²) in [6, 6.07) is 0. The van der Waals surface area contributed by atoms with Gasteiger partial charge in [0.05, 0.1) is 0 Å². The molecule has 0 saturated carbocycles. The summed E-state index contributed by atoms with van der Waals surface area (Å²) >= 11 is 18.7. The minimum atomic E-state index is -3.81. The van der Waals surface area contributed by atoms with E-state index in [1.165, 1.54) is 0 Å². The van der Waals surface area contributed by atoms with Gasteiger partial charge in [-0.2, -0.15) is 0 Å². The van der Waals surface area contributed by atoms with Gasteiger partial charge >= 0.3 is 6.72 Å². The molecule has 0 fully saturated rings. The van der Waals surface area contributed by atoms with Gasteiger partial charge in [-0.15, -0.1) is 0 Å². The third-order valence-corrected chi connectivity index (χ3v) is 1.94. The summed E-state index contributed by atoms with van der Waals surface area (Å²) in [6.07, 6.45) is 1.88. The van der Waals surface area contributed by atoms with E-state index in [4.69, 9.17) is 64.8 Å². The van der Waals surface area contributed by atoms with Crippen molar-refractivity contribution in [1.82, 2.24) is 0 Å². The molecule has 0 rings (SSSR count). The van der Waals surface area contributed by atoms with Crippen LogP contribution in [0, 0.1) is 0 Å². The average molecular weight is 398 g/mol. The molecule has 0 aromatic heterocycles. The van der Waals surface area contributed by atoms with Crippen molar-refractivity contribution in [3.05, 3.63) is 0 Å². The Balaban J connectivity index is -0.0000000853. The zero-order chi connectivity index (χ0) is 17.4. The first-order valence-corrected chi connectivity index (χ1v) is 9.53. The first-order chi connectivity index (χ1) is 8.81. The summed E-state index contributed by atoms with van der Waals surface area (Å²) in [5.41, 5.74) is -1.93. The first kappa shape index (κ1) is 29.3. The topological polar surface area (TPSA) is 121 Å². The van der Waals surface area contributed by atoms with Crippen LogP contribution in [0.4, 0.5) is 0 Å². The third kappa shape index (κ3) is 122. The van der Waals surface area contributed by atoms with Crippen LogP contribution in [0.2, 0.25) is 0 Å². The van der Waals surface area contributed by atoms with E-state index in [1.54, 1.807) is 0 Å². The van der Waals surface area contributed by atoms with Crippen molar-refractivity contribution < 1.29 is 30.0 Å². The lowest BCUT2D eigenvalue weighted by Crippen LogP contribution is -1.88. The van der Waals surface area contributed by atoms with Crippen LogP contribution >= 0.6 is 41.5 Å². The van der Waals surface area contributed by atoms with Crippen molar-refractivity contribution in [1.29, 1.82) is 0 Å². The van der Waals surface area contributed by atoms with E-state index in [2.05, 4.69) is 11.8 Å². The molecule has 128 valence electrons. The van der Waals surface area contributed by atoms with E-state index in [-0.39, 0.29) is 0 Å². The number of hydrogen-bond acceptors (Lipinski definition) is 4. The zero-order valence-electron chi connectivity index (χ0n) is 11.5. The molecule has 6 nitrogen and oxygen atoms in total. The Hall–Kier alpha value is 1.28. The fourth-order valence-electron chi connectivity index (χ4n) is 0. The number of aliphatic hydroxyl groups excluding tert-OH is 3. The highest BCUT2D eigenvalue weighted by atomic mass is 35.5. The van der Waals surface area contributed by atoms with Crippen LogP contribution in [0.5, 0.6) is 0 Å². The number of rotatable bonds is 3. The number of hydrogen-bond donors (Lipinski definition) is 6. The molecule has 0 aliphatic rings. The summed E-state index contributed by atoms with van der Waals surface area (Å²) in [5.74, 6) is 0. The molecule has 20 heavy (non-hydrogen) atoms. The van der Waals surface area contributed by atoms with E-state index in [1.807, 2.05) is 20.8 Å². The van der Waals surface area contributed by atoms with E-state index in [0.29, 0.717) is 19.3 Å². The van der Waals surface area contributed by atoms with Gasteiger partial charge in [0.25, 0.3) is 0 Å². The molecule has 0 aliphatic heterocycles. The van der Waals surface area contributed by atoms with Gasteiger partial charge in [0.15, 0.2) is 0 Å². The normalized spacial score (nSPS) is 14.2. The molecule has 0 heterocycles. The minimum Gasteiger partial charge on any atom is -0.378 e. The maximum absolute atomic E-state index is 8.13. The van der Waals surface area contributed by atoms with Gasteiger partial charge in [0.1, 0.15) is 16.7 Å². The maximum Gasteiger partial charge on any atom is 0.319 e. The van der Waals surface area contributed by atoms with Gasteiger partial charge in [-0.1, -0.05) is 55.6 Å². The van der Waals surface area contributed by atoms with Crippen LogP contribution in [0.15, 0.2) is 0 Å². The lowest BCUT2D eigenvalue weighted by Gasteiger charge is -1.88. The molecule has 11 heteroatoms. The number of aliphatic hydroxyl groups is 3. The zero-order valence-corrected chi connectivity index (χ0v) is 15.5. The molecule has 0 bridgehead atoms. The largest absolute Gasteiger partial charge is 0.378 e. The van der Waals surface area contributed by atoms with Gasteiger partial charge in [0.2, 0.25) is 0 Å². The number of alkyl halides is 3. The lowest BCUT2D eigenvalue weighted by molar-refractivity contribution is 0.252. The standard InChI is InChI=1S/3C3H7ClO.H3O3PS/c3*1-2-3(4)5;1-4(2,3)5/h3*3,5H,2H2,1H3;(H3,1,2,3,5). The van der Waals surface area contributed by atoms with Crippen LogP contribution in [0.3, 0.4) is 0 Å². The fraction of sp³-hybridized carbons (Fsp3) is 1.00. The van der Waals surface area contributed by atoms with Gasteiger partial charge in [-0.25, -0.2) is 0 Å². The Morgan fingerprint density at radius 3 is 0.800 bits per heavy atom. The molecule has 3 atom stereocenters. The van der Waals surface area contributed by atoms with Crippen molar-refractivity contribution in [3.8, 4) is 0 Å². The Labute approximate surface area is 140 Å². The smallest absolute Gasteiger partial charge is 0.319 e. The van der Waals surface area contributed by atoms with Gasteiger partial charge in [-0.3, -0.25) is 0 Å². The average Bonchev–Trinajstić information content (AvgIpc) is 2.28. The highest BCUT2D eigenvalue weighted by Gasteiger charge is 1.92. The van der Waals surface area contributed by atoms with E-state index < -0.39 is 23.4 Å². The molecule has 0 radical (unpaired) electrons. The summed E-state index contributed by atoms with van der Waals surface area (Å²) in [4.78, 5) is 22.7. The van der Waals surface area contributed by atoms with Crippen LogP contribution in [0.25, 0.3) is 0 Å². The van der Waals surface area contributed by atoms with Crippen LogP contribution < -0.4 is 0 Å². The summed E-state index contributed by atoms with van der Waals surface area (Å²) in [5, 5.41) is 24.4. The van der Waals surface area contributed by atoms with E-state index in [9.17, 15) is 0 Å². The Morgan fingerprint density at radius 1 is 0.750 bits per heavy atom. The quantitative estimate of drug-likeness (QED) is 0.318. The summed E-state index contributed by atoms with van der Waals surface area (Å²) in [7, 11) is 0. The predicted molar refractivity (Wildman–Crippen MR) is 87.4 cm³/mol. The van der Waals surface area contributed by atoms with Crippen LogP contribution in [-0.4, -0.2) is 46.7 Å². The van der Waals surface area contributed by atoms with E-state index >= 15 is 0 Å². The van der Waals surface area contributed by atoms with Crippen molar-refractivity contribution in [2.24, 2.45) is 0 Å². The minimum absolute atomic E-state index is 0.627. The molecule has 6 N–H and O–H groups in total. The molecule has 0 saturated heterocycles. The molecule has 3 unspecified atom stereocenters. The molecular formula is C9H24Cl3O6PS. The summed E-state index contributed by atoms with van der Waals surface area (Å²) < 4.78 is 0. The van der Waals surface area contributed by atoms with Crippen LogP contribution in [-0.2, 0) is 11.8 Å². The molecule has 0 aromatic carbocycles. The second kappa shape index (κ2) is 20.3. The van der Waals surface area contributed by atoms with Crippen molar-refractivity contribution in [2.75, 3.05) is 0 Å². The van der Waals surface area contributed by atoms with E-state index in [0.717, 1.165) is 0 Å². The third-order valence-electron chi connectivity index (χ3n) is 1.01. The van der Waals surface area contributed by atoms with Crippen molar-refractivity contribution in [3.63, 3.8) is 0 Å². The molecule has 0 aromatic rings. The fourth-order valence-corrected chi connectivity index (χ4v) is 0. The highest BCUT2D eigenvalue weighted by Crippen LogP contribution is 2.26. The maximum atomic E-state index is 8.13. The first-order valence-electron chi connectivity index (χ1n) is 5.56.